The second-order valence-electron chi connectivity index (χ2n) is 5.23. The third-order valence-corrected chi connectivity index (χ3v) is 3.51. The maximum Gasteiger partial charge on any atom is 0.365 e. The molecule has 0 aromatic carbocycles. The molecule has 104 valence electrons. The van der Waals surface area contributed by atoms with E-state index in [1.54, 1.807) is 10.7 Å². The fourth-order valence-electron chi connectivity index (χ4n) is 1.61. The zero-order valence-corrected chi connectivity index (χ0v) is 12.6. The van der Waals surface area contributed by atoms with Crippen LogP contribution in [0.5, 0.6) is 0 Å². The van der Waals surface area contributed by atoms with E-state index in [2.05, 4.69) is 9.97 Å². The van der Waals surface area contributed by atoms with Gasteiger partial charge in [0.2, 0.25) is 0 Å². The molecular formula is C12H14ClF2N3S. The summed E-state index contributed by atoms with van der Waals surface area (Å²) in [5, 5.41) is -3.05. The van der Waals surface area contributed by atoms with E-state index in [1.807, 2.05) is 27.0 Å². The third-order valence-electron chi connectivity index (χ3n) is 2.66. The highest BCUT2D eigenvalue weighted by molar-refractivity contribution is 7.98. The van der Waals surface area contributed by atoms with Crippen LogP contribution in [0, 0.1) is 0 Å². The first-order valence-corrected chi connectivity index (χ1v) is 7.25. The first-order valence-electron chi connectivity index (χ1n) is 5.65. The van der Waals surface area contributed by atoms with Crippen molar-refractivity contribution in [3.05, 3.63) is 23.7 Å². The number of fused-ring (bicyclic) bond motifs is 1. The highest BCUT2D eigenvalue weighted by Gasteiger charge is 2.31. The van der Waals surface area contributed by atoms with Crippen molar-refractivity contribution in [2.45, 2.75) is 36.7 Å². The smallest absolute Gasteiger partial charge is 0.278 e. The molecule has 0 fully saturated rings. The normalized spacial score (nSPS) is 13.2. The van der Waals surface area contributed by atoms with E-state index < -0.39 is 11.1 Å². The lowest BCUT2D eigenvalue weighted by Crippen LogP contribution is -2.11. The Morgan fingerprint density at radius 2 is 1.84 bits per heavy atom. The number of rotatable bonds is 2. The Kier molecular flexibility index (Phi) is 3.51. The Hall–Kier alpha value is -0.880. The van der Waals surface area contributed by atoms with Crippen LogP contribution in [0.15, 0.2) is 17.4 Å². The van der Waals surface area contributed by atoms with Crippen LogP contribution in [-0.4, -0.2) is 20.6 Å². The summed E-state index contributed by atoms with van der Waals surface area (Å²) in [7, 11) is 0. The molecule has 19 heavy (non-hydrogen) atoms. The second-order valence-corrected chi connectivity index (χ2v) is 6.48. The quantitative estimate of drug-likeness (QED) is 0.476. The summed E-state index contributed by atoms with van der Waals surface area (Å²) in [6, 6.07) is 1.22. The third kappa shape index (κ3) is 2.84. The maximum atomic E-state index is 13.2. The summed E-state index contributed by atoms with van der Waals surface area (Å²) >= 11 is 6.31. The van der Waals surface area contributed by atoms with Gasteiger partial charge in [0.1, 0.15) is 11.3 Å². The molecule has 2 aromatic heterocycles. The highest BCUT2D eigenvalue weighted by Crippen LogP contribution is 2.33. The van der Waals surface area contributed by atoms with Crippen LogP contribution in [0.2, 0.25) is 0 Å². The molecule has 0 saturated heterocycles. The molecule has 0 bridgehead atoms. The molecule has 0 aliphatic rings. The SMILES string of the molecule is CSc1nc(C(F)(F)Cl)cc2nc(C(C)(C)C)cn12. The van der Waals surface area contributed by atoms with E-state index in [9.17, 15) is 8.78 Å². The molecule has 0 aliphatic carbocycles. The Labute approximate surface area is 119 Å². The van der Waals surface area contributed by atoms with E-state index in [-0.39, 0.29) is 5.41 Å². The monoisotopic (exact) mass is 305 g/mol. The van der Waals surface area contributed by atoms with Crippen molar-refractivity contribution in [1.29, 1.82) is 0 Å². The predicted octanol–water partition coefficient (Wildman–Crippen LogP) is 4.04. The molecule has 0 atom stereocenters. The van der Waals surface area contributed by atoms with Crippen molar-refractivity contribution < 1.29 is 8.78 Å². The number of hydrogen-bond donors (Lipinski definition) is 0. The van der Waals surface area contributed by atoms with Gasteiger partial charge in [0, 0.05) is 17.7 Å². The molecule has 0 radical (unpaired) electrons. The summed E-state index contributed by atoms with van der Waals surface area (Å²) in [6.45, 7) is 6.04. The number of alkyl halides is 3. The lowest BCUT2D eigenvalue weighted by molar-refractivity contribution is 0.0891. The average Bonchev–Trinajstić information content (AvgIpc) is 2.69. The molecule has 3 nitrogen and oxygen atoms in total. The van der Waals surface area contributed by atoms with E-state index >= 15 is 0 Å². The fourth-order valence-corrected chi connectivity index (χ4v) is 2.24. The van der Waals surface area contributed by atoms with Gasteiger partial charge in [-0.3, -0.25) is 4.40 Å². The Morgan fingerprint density at radius 3 is 2.32 bits per heavy atom. The second kappa shape index (κ2) is 4.59. The van der Waals surface area contributed by atoms with Crippen LogP contribution in [0.25, 0.3) is 5.65 Å². The van der Waals surface area contributed by atoms with Gasteiger partial charge in [0.25, 0.3) is 0 Å². The molecule has 2 aromatic rings. The highest BCUT2D eigenvalue weighted by atomic mass is 35.5. The minimum Gasteiger partial charge on any atom is -0.278 e. The van der Waals surface area contributed by atoms with Gasteiger partial charge in [-0.05, 0) is 17.9 Å². The van der Waals surface area contributed by atoms with Gasteiger partial charge in [0.15, 0.2) is 5.16 Å². The van der Waals surface area contributed by atoms with Gasteiger partial charge < -0.3 is 0 Å². The molecule has 0 saturated carbocycles. The molecule has 0 N–H and O–H groups in total. The Balaban J connectivity index is 2.70. The van der Waals surface area contributed by atoms with Crippen LogP contribution in [0.4, 0.5) is 8.78 Å². The number of thioether (sulfide) groups is 1. The first-order chi connectivity index (χ1) is 8.63. The van der Waals surface area contributed by atoms with Crippen LogP contribution in [0.1, 0.15) is 32.2 Å². The molecule has 7 heteroatoms. The molecule has 0 unspecified atom stereocenters. The van der Waals surface area contributed by atoms with Gasteiger partial charge in [-0.2, -0.15) is 8.78 Å². The van der Waals surface area contributed by atoms with E-state index in [1.165, 1.54) is 17.8 Å². The molecule has 0 amide bonds. The molecule has 2 rings (SSSR count). The lowest BCUT2D eigenvalue weighted by atomic mass is 9.93. The summed E-state index contributed by atoms with van der Waals surface area (Å²) in [6.07, 6.45) is 3.60. The van der Waals surface area contributed by atoms with Crippen LogP contribution in [0.3, 0.4) is 0 Å². The van der Waals surface area contributed by atoms with E-state index in [4.69, 9.17) is 11.6 Å². The lowest BCUT2D eigenvalue weighted by Gasteiger charge is -2.13. The largest absolute Gasteiger partial charge is 0.365 e. The predicted molar refractivity (Wildman–Crippen MR) is 73.2 cm³/mol. The van der Waals surface area contributed by atoms with Crippen molar-refractivity contribution >= 4 is 29.0 Å². The van der Waals surface area contributed by atoms with Crippen LogP contribution < -0.4 is 0 Å². The number of imidazole rings is 1. The molecule has 0 aliphatic heterocycles. The molecular weight excluding hydrogens is 292 g/mol. The van der Waals surface area contributed by atoms with Crippen molar-refractivity contribution in [3.8, 4) is 0 Å². The van der Waals surface area contributed by atoms with Gasteiger partial charge in [-0.1, -0.05) is 32.5 Å². The number of hydrogen-bond acceptors (Lipinski definition) is 3. The summed E-state index contributed by atoms with van der Waals surface area (Å²) in [4.78, 5) is 8.27. The van der Waals surface area contributed by atoms with Crippen molar-refractivity contribution in [2.75, 3.05) is 6.26 Å². The van der Waals surface area contributed by atoms with Gasteiger partial charge in [-0.15, -0.1) is 0 Å². The molecule has 2 heterocycles. The summed E-state index contributed by atoms with van der Waals surface area (Å²) in [5.74, 6) is 0. The topological polar surface area (TPSA) is 30.2 Å². The number of nitrogens with zero attached hydrogens (tertiary/aromatic N) is 3. The van der Waals surface area contributed by atoms with Gasteiger partial charge in [-0.25, -0.2) is 9.97 Å². The van der Waals surface area contributed by atoms with Crippen molar-refractivity contribution in [2.24, 2.45) is 0 Å². The number of aromatic nitrogens is 3. The maximum absolute atomic E-state index is 13.2. The summed E-state index contributed by atoms with van der Waals surface area (Å²) in [5.41, 5.74) is 0.613. The Bertz CT molecular complexity index is 614. The molecule has 0 spiro atoms. The van der Waals surface area contributed by atoms with Crippen molar-refractivity contribution in [1.82, 2.24) is 14.4 Å². The van der Waals surface area contributed by atoms with E-state index in [0.717, 1.165) is 5.69 Å². The fraction of sp³-hybridized carbons (Fsp3) is 0.500. The van der Waals surface area contributed by atoms with Gasteiger partial charge >= 0.3 is 5.38 Å². The number of halogens is 3. The van der Waals surface area contributed by atoms with Crippen molar-refractivity contribution in [3.63, 3.8) is 0 Å². The zero-order valence-electron chi connectivity index (χ0n) is 11.0. The minimum atomic E-state index is -3.49. The Morgan fingerprint density at radius 1 is 1.21 bits per heavy atom. The standard InChI is InChI=1S/C12H14ClF2N3S/c1-11(2,3)8-6-18-9(16-8)5-7(12(13,14)15)17-10(18)19-4/h5-6H,1-4H3. The first kappa shape index (κ1) is 14.5. The summed E-state index contributed by atoms with van der Waals surface area (Å²) < 4.78 is 28.1. The zero-order chi connectivity index (χ0) is 14.4. The van der Waals surface area contributed by atoms with Crippen LogP contribution in [-0.2, 0) is 10.8 Å². The average molecular weight is 306 g/mol. The minimum absolute atomic E-state index is 0.161. The van der Waals surface area contributed by atoms with Crippen LogP contribution >= 0.6 is 23.4 Å². The van der Waals surface area contributed by atoms with Gasteiger partial charge in [0.05, 0.1) is 5.69 Å². The van der Waals surface area contributed by atoms with E-state index in [0.29, 0.717) is 10.8 Å².